The summed E-state index contributed by atoms with van der Waals surface area (Å²) in [5, 5.41) is 3.32. The molecule has 0 radical (unpaired) electrons. The van der Waals surface area contributed by atoms with Crippen molar-refractivity contribution in [3.63, 3.8) is 0 Å². The standard InChI is InChI=1S/C15H26N4O2/c1-10(2)9-19-12(16)11(13(20)18(4)14(19)21)17-15(3)7-5-6-8-15/h10,17H,5-9,16H2,1-4H3. The van der Waals surface area contributed by atoms with Gasteiger partial charge < -0.3 is 11.1 Å². The summed E-state index contributed by atoms with van der Waals surface area (Å²) >= 11 is 0. The lowest BCUT2D eigenvalue weighted by Crippen LogP contribution is -2.44. The summed E-state index contributed by atoms with van der Waals surface area (Å²) in [5.74, 6) is 0.530. The van der Waals surface area contributed by atoms with Crippen molar-refractivity contribution in [3.05, 3.63) is 20.8 Å². The summed E-state index contributed by atoms with van der Waals surface area (Å²) < 4.78 is 2.63. The van der Waals surface area contributed by atoms with Crippen molar-refractivity contribution in [3.8, 4) is 0 Å². The van der Waals surface area contributed by atoms with Gasteiger partial charge in [0.1, 0.15) is 11.5 Å². The van der Waals surface area contributed by atoms with Crippen LogP contribution in [0, 0.1) is 5.92 Å². The van der Waals surface area contributed by atoms with Gasteiger partial charge in [-0.15, -0.1) is 0 Å². The van der Waals surface area contributed by atoms with Crippen LogP contribution in [0.25, 0.3) is 0 Å². The minimum atomic E-state index is -0.353. The molecule has 0 saturated heterocycles. The molecule has 0 aromatic carbocycles. The Hall–Kier alpha value is -1.72. The Morgan fingerprint density at radius 2 is 1.86 bits per heavy atom. The molecule has 0 bridgehead atoms. The minimum Gasteiger partial charge on any atom is -0.383 e. The van der Waals surface area contributed by atoms with Gasteiger partial charge in [0.2, 0.25) is 0 Å². The van der Waals surface area contributed by atoms with Crippen LogP contribution >= 0.6 is 0 Å². The van der Waals surface area contributed by atoms with Gasteiger partial charge in [-0.1, -0.05) is 26.7 Å². The van der Waals surface area contributed by atoms with E-state index in [9.17, 15) is 9.59 Å². The van der Waals surface area contributed by atoms with Crippen LogP contribution < -0.4 is 22.3 Å². The molecule has 21 heavy (non-hydrogen) atoms. The van der Waals surface area contributed by atoms with Crippen molar-refractivity contribution in [1.29, 1.82) is 0 Å². The molecule has 0 unspecified atom stereocenters. The van der Waals surface area contributed by atoms with Gasteiger partial charge in [-0.3, -0.25) is 13.9 Å². The van der Waals surface area contributed by atoms with E-state index in [1.54, 1.807) is 0 Å². The molecule has 1 heterocycles. The predicted molar refractivity (Wildman–Crippen MR) is 85.7 cm³/mol. The quantitative estimate of drug-likeness (QED) is 0.882. The highest BCUT2D eigenvalue weighted by atomic mass is 16.2. The fraction of sp³-hybridized carbons (Fsp3) is 0.733. The molecule has 0 amide bonds. The van der Waals surface area contributed by atoms with E-state index in [0.717, 1.165) is 30.3 Å². The maximum atomic E-state index is 12.4. The van der Waals surface area contributed by atoms with Crippen LogP contribution in [0.15, 0.2) is 9.59 Å². The zero-order chi connectivity index (χ0) is 15.8. The van der Waals surface area contributed by atoms with Gasteiger partial charge in [0.25, 0.3) is 5.56 Å². The number of aromatic nitrogens is 2. The molecule has 1 fully saturated rings. The highest BCUT2D eigenvalue weighted by molar-refractivity contribution is 5.62. The van der Waals surface area contributed by atoms with Crippen molar-refractivity contribution >= 4 is 11.5 Å². The second-order valence-electron chi connectivity index (χ2n) is 6.80. The Labute approximate surface area is 125 Å². The van der Waals surface area contributed by atoms with E-state index >= 15 is 0 Å². The van der Waals surface area contributed by atoms with Crippen molar-refractivity contribution in [2.75, 3.05) is 11.1 Å². The molecule has 0 spiro atoms. The summed E-state index contributed by atoms with van der Waals surface area (Å²) in [4.78, 5) is 24.6. The molecule has 0 aliphatic heterocycles. The third-order valence-corrected chi connectivity index (χ3v) is 4.26. The Morgan fingerprint density at radius 1 is 1.29 bits per heavy atom. The van der Waals surface area contributed by atoms with Gasteiger partial charge >= 0.3 is 5.69 Å². The third kappa shape index (κ3) is 2.99. The lowest BCUT2D eigenvalue weighted by Gasteiger charge is -2.28. The molecule has 1 aliphatic rings. The van der Waals surface area contributed by atoms with Crippen molar-refractivity contribution in [2.45, 2.75) is 58.5 Å². The number of nitrogen functional groups attached to an aromatic ring is 1. The molecule has 1 aliphatic carbocycles. The van der Waals surface area contributed by atoms with Gasteiger partial charge in [-0.25, -0.2) is 4.79 Å². The van der Waals surface area contributed by atoms with Crippen LogP contribution in [0.1, 0.15) is 46.5 Å². The predicted octanol–water partition coefficient (Wildman–Crippen LogP) is 1.53. The minimum absolute atomic E-state index is 0.111. The molecule has 6 heteroatoms. The molecule has 118 valence electrons. The van der Waals surface area contributed by atoms with Crippen LogP contribution in [0.2, 0.25) is 0 Å². The lowest BCUT2D eigenvalue weighted by atomic mass is 10.0. The number of anilines is 2. The Bertz CT molecular complexity index is 636. The number of nitrogens with two attached hydrogens (primary N) is 1. The second kappa shape index (κ2) is 5.58. The highest BCUT2D eigenvalue weighted by Gasteiger charge is 2.30. The summed E-state index contributed by atoms with van der Waals surface area (Å²) in [6.45, 7) is 6.64. The molecule has 0 atom stereocenters. The van der Waals surface area contributed by atoms with Crippen LogP contribution in [-0.4, -0.2) is 14.7 Å². The van der Waals surface area contributed by atoms with Gasteiger partial charge in [-0.05, 0) is 25.7 Å². The molecule has 1 saturated carbocycles. The summed E-state index contributed by atoms with van der Waals surface area (Å²) in [6.07, 6.45) is 4.32. The maximum absolute atomic E-state index is 12.4. The van der Waals surface area contributed by atoms with E-state index in [1.807, 2.05) is 13.8 Å². The number of rotatable bonds is 4. The highest BCUT2D eigenvalue weighted by Crippen LogP contribution is 2.32. The van der Waals surface area contributed by atoms with Gasteiger partial charge in [0.05, 0.1) is 0 Å². The fourth-order valence-corrected chi connectivity index (χ4v) is 3.02. The molecule has 6 nitrogen and oxygen atoms in total. The monoisotopic (exact) mass is 294 g/mol. The number of hydrogen-bond acceptors (Lipinski definition) is 4. The smallest absolute Gasteiger partial charge is 0.332 e. The van der Waals surface area contributed by atoms with Crippen molar-refractivity contribution in [1.82, 2.24) is 9.13 Å². The zero-order valence-electron chi connectivity index (χ0n) is 13.4. The van der Waals surface area contributed by atoms with E-state index in [-0.39, 0.29) is 28.5 Å². The zero-order valence-corrected chi connectivity index (χ0v) is 13.4. The lowest BCUT2D eigenvalue weighted by molar-refractivity contribution is 0.489. The first-order valence-corrected chi connectivity index (χ1v) is 7.62. The van der Waals surface area contributed by atoms with E-state index in [4.69, 9.17) is 5.73 Å². The molecule has 1 aromatic rings. The topological polar surface area (TPSA) is 82.0 Å². The molecule has 3 N–H and O–H groups in total. The molecular weight excluding hydrogens is 268 g/mol. The van der Waals surface area contributed by atoms with Crippen molar-refractivity contribution < 1.29 is 0 Å². The van der Waals surface area contributed by atoms with Crippen LogP contribution in [0.5, 0.6) is 0 Å². The van der Waals surface area contributed by atoms with E-state index in [2.05, 4.69) is 12.2 Å². The van der Waals surface area contributed by atoms with Crippen LogP contribution in [-0.2, 0) is 13.6 Å². The number of hydrogen-bond donors (Lipinski definition) is 2. The van der Waals surface area contributed by atoms with Gasteiger partial charge in [-0.2, -0.15) is 0 Å². The average molecular weight is 294 g/mol. The van der Waals surface area contributed by atoms with E-state index in [1.165, 1.54) is 11.6 Å². The second-order valence-corrected chi connectivity index (χ2v) is 6.80. The maximum Gasteiger partial charge on any atom is 0.332 e. The van der Waals surface area contributed by atoms with E-state index < -0.39 is 0 Å². The van der Waals surface area contributed by atoms with Gasteiger partial charge in [0.15, 0.2) is 0 Å². The average Bonchev–Trinajstić information content (AvgIpc) is 2.84. The Kier molecular flexibility index (Phi) is 4.16. The number of nitrogens with one attached hydrogen (secondary N) is 1. The Morgan fingerprint density at radius 3 is 2.38 bits per heavy atom. The molecular formula is C15H26N4O2. The molecule has 2 rings (SSSR count). The fourth-order valence-electron chi connectivity index (χ4n) is 3.02. The van der Waals surface area contributed by atoms with Crippen LogP contribution in [0.4, 0.5) is 11.5 Å². The van der Waals surface area contributed by atoms with Crippen molar-refractivity contribution in [2.24, 2.45) is 13.0 Å². The van der Waals surface area contributed by atoms with Crippen LogP contribution in [0.3, 0.4) is 0 Å². The SMILES string of the molecule is CC(C)Cn1c(N)c(NC2(C)CCCC2)c(=O)n(C)c1=O. The normalized spacial score (nSPS) is 17.4. The van der Waals surface area contributed by atoms with E-state index in [0.29, 0.717) is 12.2 Å². The molecule has 1 aromatic heterocycles. The third-order valence-electron chi connectivity index (χ3n) is 4.26. The van der Waals surface area contributed by atoms with Gasteiger partial charge in [0, 0.05) is 19.1 Å². The largest absolute Gasteiger partial charge is 0.383 e. The Balaban J connectivity index is 2.52. The number of nitrogens with zero attached hydrogens (tertiary/aromatic N) is 2. The summed E-state index contributed by atoms with van der Waals surface area (Å²) in [7, 11) is 1.50. The first kappa shape index (κ1) is 15.7. The first-order valence-electron chi connectivity index (χ1n) is 7.62. The summed E-state index contributed by atoms with van der Waals surface area (Å²) in [6, 6.07) is 0. The summed E-state index contributed by atoms with van der Waals surface area (Å²) in [5.41, 5.74) is 5.68. The first-order chi connectivity index (χ1) is 9.75.